The molecule has 0 spiro atoms. The first-order chi connectivity index (χ1) is 10.7. The molecule has 0 radical (unpaired) electrons. The van der Waals surface area contributed by atoms with Gasteiger partial charge in [0.25, 0.3) is 0 Å². The number of piperidine rings is 1. The second-order valence-corrected chi connectivity index (χ2v) is 7.36. The van der Waals surface area contributed by atoms with Crippen molar-refractivity contribution in [1.29, 1.82) is 0 Å². The maximum absolute atomic E-state index is 4.50. The lowest BCUT2D eigenvalue weighted by Crippen LogP contribution is -2.38. The summed E-state index contributed by atoms with van der Waals surface area (Å²) in [6, 6.07) is 9.15. The molecule has 1 aliphatic heterocycles. The van der Waals surface area contributed by atoms with Gasteiger partial charge < -0.3 is 5.32 Å². The Kier molecular flexibility index (Phi) is 5.44. The Morgan fingerprint density at radius 2 is 2.00 bits per heavy atom. The van der Waals surface area contributed by atoms with Gasteiger partial charge in [0.1, 0.15) is 5.82 Å². The van der Waals surface area contributed by atoms with E-state index in [2.05, 4.69) is 66.7 Å². The molecule has 1 fully saturated rings. The first kappa shape index (κ1) is 15.9. The number of benzene rings is 1. The maximum atomic E-state index is 4.50. The fourth-order valence-electron chi connectivity index (χ4n) is 2.71. The highest BCUT2D eigenvalue weighted by Gasteiger charge is 2.20. The van der Waals surface area contributed by atoms with Crippen molar-refractivity contribution in [2.45, 2.75) is 38.8 Å². The number of anilines is 1. The number of aromatic nitrogens is 2. The molecule has 0 aliphatic carbocycles. The third kappa shape index (κ3) is 4.27. The van der Waals surface area contributed by atoms with Gasteiger partial charge >= 0.3 is 0 Å². The summed E-state index contributed by atoms with van der Waals surface area (Å²) in [6.07, 6.45) is 3.24. The second kappa shape index (κ2) is 7.53. The van der Waals surface area contributed by atoms with E-state index >= 15 is 0 Å². The number of rotatable bonds is 5. The maximum Gasteiger partial charge on any atom is 0.202 e. The number of nitrogens with one attached hydrogen (secondary N) is 1. The molecule has 4 nitrogen and oxygen atoms in total. The molecular formula is C16H21BrN4S. The summed E-state index contributed by atoms with van der Waals surface area (Å²) in [5.74, 6) is 0.945. The molecular weight excluding hydrogens is 360 g/mol. The monoisotopic (exact) mass is 380 g/mol. The Morgan fingerprint density at radius 1 is 1.27 bits per heavy atom. The predicted molar refractivity (Wildman–Crippen MR) is 95.4 cm³/mol. The van der Waals surface area contributed by atoms with Crippen molar-refractivity contribution in [2.24, 2.45) is 0 Å². The van der Waals surface area contributed by atoms with E-state index in [1.165, 1.54) is 17.1 Å². The molecule has 1 aromatic heterocycles. The standard InChI is InChI=1S/C16H21BrN4S/c1-2-15-19-16(22-20-15)18-14-7-9-21(10-8-14)11-12-3-5-13(17)6-4-12/h3-6,14H,2,7-11H2,1H3,(H,18,19,20). The fraction of sp³-hybridized carbons (Fsp3) is 0.500. The molecule has 118 valence electrons. The molecule has 1 saturated heterocycles. The van der Waals surface area contributed by atoms with Crippen LogP contribution >= 0.6 is 27.5 Å². The molecule has 0 atom stereocenters. The van der Waals surface area contributed by atoms with Gasteiger partial charge in [-0.05, 0) is 30.5 Å². The van der Waals surface area contributed by atoms with Crippen molar-refractivity contribution in [2.75, 3.05) is 18.4 Å². The molecule has 2 heterocycles. The van der Waals surface area contributed by atoms with Gasteiger partial charge in [-0.2, -0.15) is 4.37 Å². The first-order valence-corrected chi connectivity index (χ1v) is 9.35. The number of halogens is 1. The van der Waals surface area contributed by atoms with E-state index in [1.807, 2.05) is 0 Å². The van der Waals surface area contributed by atoms with Crippen molar-refractivity contribution >= 4 is 32.6 Å². The van der Waals surface area contributed by atoms with E-state index in [0.29, 0.717) is 6.04 Å². The zero-order valence-electron chi connectivity index (χ0n) is 12.8. The summed E-state index contributed by atoms with van der Waals surface area (Å²) in [4.78, 5) is 7.02. The minimum absolute atomic E-state index is 0.527. The van der Waals surface area contributed by atoms with Crippen LogP contribution in [0, 0.1) is 0 Å². The largest absolute Gasteiger partial charge is 0.357 e. The molecule has 0 amide bonds. The molecule has 2 aromatic rings. The zero-order chi connectivity index (χ0) is 15.4. The van der Waals surface area contributed by atoms with Crippen LogP contribution in [0.25, 0.3) is 0 Å². The van der Waals surface area contributed by atoms with E-state index in [0.717, 1.165) is 54.3 Å². The molecule has 0 unspecified atom stereocenters. The van der Waals surface area contributed by atoms with Crippen LogP contribution in [0.3, 0.4) is 0 Å². The average molecular weight is 381 g/mol. The van der Waals surface area contributed by atoms with Crippen LogP contribution in [-0.4, -0.2) is 33.4 Å². The van der Waals surface area contributed by atoms with Gasteiger partial charge in [-0.1, -0.05) is 35.0 Å². The van der Waals surface area contributed by atoms with Crippen molar-refractivity contribution in [1.82, 2.24) is 14.3 Å². The second-order valence-electron chi connectivity index (χ2n) is 5.69. The lowest BCUT2D eigenvalue weighted by Gasteiger charge is -2.32. The average Bonchev–Trinajstić information content (AvgIpc) is 2.99. The Morgan fingerprint density at radius 3 is 2.64 bits per heavy atom. The zero-order valence-corrected chi connectivity index (χ0v) is 15.2. The van der Waals surface area contributed by atoms with E-state index in [-0.39, 0.29) is 0 Å². The highest BCUT2D eigenvalue weighted by Crippen LogP contribution is 2.20. The molecule has 1 aliphatic rings. The van der Waals surface area contributed by atoms with E-state index in [1.54, 1.807) is 0 Å². The van der Waals surface area contributed by atoms with Gasteiger partial charge in [0.15, 0.2) is 0 Å². The Labute approximate surface area is 144 Å². The summed E-state index contributed by atoms with van der Waals surface area (Å²) >= 11 is 4.97. The molecule has 0 bridgehead atoms. The van der Waals surface area contributed by atoms with E-state index in [4.69, 9.17) is 0 Å². The van der Waals surface area contributed by atoms with Gasteiger partial charge in [0.05, 0.1) is 0 Å². The van der Waals surface area contributed by atoms with Crippen molar-refractivity contribution in [3.63, 3.8) is 0 Å². The SMILES string of the molecule is CCc1nsc(NC2CCN(Cc3ccc(Br)cc3)CC2)n1. The third-order valence-electron chi connectivity index (χ3n) is 4.02. The summed E-state index contributed by atoms with van der Waals surface area (Å²) < 4.78 is 5.47. The molecule has 1 N–H and O–H groups in total. The molecule has 1 aromatic carbocycles. The predicted octanol–water partition coefficient (Wildman–Crippen LogP) is 3.94. The summed E-state index contributed by atoms with van der Waals surface area (Å²) in [6.45, 7) is 5.39. The van der Waals surface area contributed by atoms with Crippen molar-refractivity contribution in [3.05, 3.63) is 40.1 Å². The lowest BCUT2D eigenvalue weighted by molar-refractivity contribution is 0.211. The summed E-state index contributed by atoms with van der Waals surface area (Å²) in [5, 5.41) is 4.51. The Hall–Kier alpha value is -0.980. The molecule has 22 heavy (non-hydrogen) atoms. The van der Waals surface area contributed by atoms with Gasteiger partial charge in [-0.25, -0.2) is 4.98 Å². The Bertz CT molecular complexity index is 590. The quantitative estimate of drug-likeness (QED) is 0.852. The van der Waals surface area contributed by atoms with E-state index in [9.17, 15) is 0 Å². The van der Waals surface area contributed by atoms with Gasteiger partial charge in [0.2, 0.25) is 5.13 Å². The molecule has 0 saturated carbocycles. The minimum Gasteiger partial charge on any atom is -0.357 e. The lowest BCUT2D eigenvalue weighted by atomic mass is 10.0. The smallest absolute Gasteiger partial charge is 0.202 e. The number of aryl methyl sites for hydroxylation is 1. The van der Waals surface area contributed by atoms with Crippen LogP contribution in [0.1, 0.15) is 31.2 Å². The number of likely N-dealkylation sites (tertiary alicyclic amines) is 1. The van der Waals surface area contributed by atoms with Crippen molar-refractivity contribution < 1.29 is 0 Å². The molecule has 3 rings (SSSR count). The van der Waals surface area contributed by atoms with E-state index < -0.39 is 0 Å². The highest BCUT2D eigenvalue weighted by atomic mass is 79.9. The third-order valence-corrected chi connectivity index (χ3v) is 5.23. The Balaban J connectivity index is 1.46. The number of hydrogen-bond acceptors (Lipinski definition) is 5. The normalized spacial score (nSPS) is 16.8. The first-order valence-electron chi connectivity index (χ1n) is 7.79. The van der Waals surface area contributed by atoms with Crippen LogP contribution in [0.5, 0.6) is 0 Å². The van der Waals surface area contributed by atoms with Gasteiger partial charge in [0, 0.05) is 48.1 Å². The van der Waals surface area contributed by atoms with Crippen LogP contribution in [0.15, 0.2) is 28.7 Å². The summed E-state index contributed by atoms with van der Waals surface area (Å²) in [7, 11) is 0. The highest BCUT2D eigenvalue weighted by molar-refractivity contribution is 9.10. The van der Waals surface area contributed by atoms with Gasteiger partial charge in [-0.3, -0.25) is 4.90 Å². The minimum atomic E-state index is 0.527. The fourth-order valence-corrected chi connectivity index (χ4v) is 3.71. The summed E-state index contributed by atoms with van der Waals surface area (Å²) in [5.41, 5.74) is 1.38. The molecule has 6 heteroatoms. The number of hydrogen-bond donors (Lipinski definition) is 1. The number of nitrogens with zero attached hydrogens (tertiary/aromatic N) is 3. The topological polar surface area (TPSA) is 41.1 Å². The van der Waals surface area contributed by atoms with Crippen molar-refractivity contribution in [3.8, 4) is 0 Å². The van der Waals surface area contributed by atoms with Gasteiger partial charge in [-0.15, -0.1) is 0 Å². The van der Waals surface area contributed by atoms with Crippen LogP contribution in [0.2, 0.25) is 0 Å². The van der Waals surface area contributed by atoms with Crippen LogP contribution in [-0.2, 0) is 13.0 Å². The van der Waals surface area contributed by atoms with Crippen LogP contribution in [0.4, 0.5) is 5.13 Å². The van der Waals surface area contributed by atoms with Crippen LogP contribution < -0.4 is 5.32 Å².